The molecular weight excluding hydrogens is 269 g/mol. The van der Waals surface area contributed by atoms with Gasteiger partial charge in [0.2, 0.25) is 0 Å². The smallest absolute Gasteiger partial charge is 0.280 e. The van der Waals surface area contributed by atoms with Crippen LogP contribution in [-0.4, -0.2) is 38.9 Å². The number of halogens is 1. The molecule has 0 bridgehead atoms. The molecule has 1 fully saturated rings. The van der Waals surface area contributed by atoms with Crippen LogP contribution in [0.15, 0.2) is 24.3 Å². The second kappa shape index (κ2) is 5.96. The summed E-state index contributed by atoms with van der Waals surface area (Å²) < 4.78 is 41.5. The Morgan fingerprint density at radius 2 is 2.32 bits per heavy atom. The molecule has 19 heavy (non-hydrogen) atoms. The van der Waals surface area contributed by atoms with E-state index in [-0.39, 0.29) is 11.9 Å². The van der Waals surface area contributed by atoms with E-state index in [9.17, 15) is 12.8 Å². The van der Waals surface area contributed by atoms with Crippen molar-refractivity contribution in [3.8, 4) is 0 Å². The normalized spacial score (nSPS) is 21.5. The van der Waals surface area contributed by atoms with Gasteiger partial charge in [-0.25, -0.2) is 9.11 Å². The van der Waals surface area contributed by atoms with Crippen molar-refractivity contribution >= 4 is 10.2 Å². The maximum Gasteiger partial charge on any atom is 0.280 e. The van der Waals surface area contributed by atoms with Gasteiger partial charge in [0, 0.05) is 26.2 Å². The fourth-order valence-corrected chi connectivity index (χ4v) is 3.63. The molecule has 7 heteroatoms. The standard InChI is InChI=1S/C12H18FN3O2S/c1-2-15-19(17,18)16-7-6-14-9-12(16)10-4-3-5-11(13)8-10/h3-5,8,12,14-15H,2,6-7,9H2,1H3. The quantitative estimate of drug-likeness (QED) is 0.854. The second-order valence-corrected chi connectivity index (χ2v) is 6.10. The summed E-state index contributed by atoms with van der Waals surface area (Å²) in [5.74, 6) is -0.358. The molecule has 1 aromatic rings. The lowest BCUT2D eigenvalue weighted by molar-refractivity contribution is 0.268. The molecule has 2 rings (SSSR count). The molecule has 0 spiro atoms. The first kappa shape index (κ1) is 14.4. The number of nitrogens with one attached hydrogen (secondary N) is 2. The zero-order valence-electron chi connectivity index (χ0n) is 10.8. The van der Waals surface area contributed by atoms with Gasteiger partial charge in [-0.15, -0.1) is 0 Å². The first-order chi connectivity index (χ1) is 9.04. The van der Waals surface area contributed by atoms with Crippen LogP contribution in [0.2, 0.25) is 0 Å². The van der Waals surface area contributed by atoms with Gasteiger partial charge < -0.3 is 5.32 Å². The molecule has 1 aliphatic rings. The highest BCUT2D eigenvalue weighted by Gasteiger charge is 2.32. The predicted octanol–water partition coefficient (Wildman–Crippen LogP) is 0.626. The molecule has 1 atom stereocenters. The van der Waals surface area contributed by atoms with Gasteiger partial charge in [0.15, 0.2) is 0 Å². The third-order valence-corrected chi connectivity index (χ3v) is 4.77. The van der Waals surface area contributed by atoms with Crippen LogP contribution >= 0.6 is 0 Å². The summed E-state index contributed by atoms with van der Waals surface area (Å²) in [7, 11) is -3.52. The summed E-state index contributed by atoms with van der Waals surface area (Å²) in [5, 5.41) is 3.14. The van der Waals surface area contributed by atoms with Crippen LogP contribution in [0.25, 0.3) is 0 Å². The fraction of sp³-hybridized carbons (Fsp3) is 0.500. The first-order valence-corrected chi connectivity index (χ1v) is 7.71. The van der Waals surface area contributed by atoms with Crippen LogP contribution < -0.4 is 10.0 Å². The lowest BCUT2D eigenvalue weighted by Gasteiger charge is -2.35. The van der Waals surface area contributed by atoms with Crippen LogP contribution in [-0.2, 0) is 10.2 Å². The summed E-state index contributed by atoms with van der Waals surface area (Å²) in [6.07, 6.45) is 0. The molecule has 0 radical (unpaired) electrons. The van der Waals surface area contributed by atoms with Crippen molar-refractivity contribution in [3.05, 3.63) is 35.6 Å². The Morgan fingerprint density at radius 1 is 1.53 bits per heavy atom. The summed E-state index contributed by atoms with van der Waals surface area (Å²) in [5.41, 5.74) is 0.661. The monoisotopic (exact) mass is 287 g/mol. The zero-order chi connectivity index (χ0) is 13.9. The van der Waals surface area contributed by atoms with Crippen LogP contribution in [0, 0.1) is 5.82 Å². The van der Waals surface area contributed by atoms with Crippen LogP contribution in [0.4, 0.5) is 4.39 Å². The van der Waals surface area contributed by atoms with Gasteiger partial charge in [-0.05, 0) is 17.7 Å². The van der Waals surface area contributed by atoms with E-state index in [1.54, 1.807) is 19.1 Å². The molecule has 106 valence electrons. The van der Waals surface area contributed by atoms with E-state index in [0.717, 1.165) is 0 Å². The third kappa shape index (κ3) is 3.30. The molecule has 0 amide bonds. The molecule has 0 aromatic heterocycles. The van der Waals surface area contributed by atoms with E-state index in [1.165, 1.54) is 16.4 Å². The molecular formula is C12H18FN3O2S. The Balaban J connectivity index is 2.31. The molecule has 1 heterocycles. The highest BCUT2D eigenvalue weighted by atomic mass is 32.2. The summed E-state index contributed by atoms with van der Waals surface area (Å²) >= 11 is 0. The molecule has 1 aliphatic heterocycles. The van der Waals surface area contributed by atoms with Gasteiger partial charge in [0.1, 0.15) is 5.82 Å². The SMILES string of the molecule is CCNS(=O)(=O)N1CCNCC1c1cccc(F)c1. The largest absolute Gasteiger partial charge is 0.313 e. The minimum atomic E-state index is -3.52. The fourth-order valence-electron chi connectivity index (χ4n) is 2.24. The Hall–Kier alpha value is -1.02. The number of hydrogen-bond acceptors (Lipinski definition) is 3. The second-order valence-electron chi connectivity index (χ2n) is 4.39. The number of hydrogen-bond donors (Lipinski definition) is 2. The molecule has 2 N–H and O–H groups in total. The van der Waals surface area contributed by atoms with E-state index >= 15 is 0 Å². The van der Waals surface area contributed by atoms with Gasteiger partial charge >= 0.3 is 0 Å². The highest BCUT2D eigenvalue weighted by Crippen LogP contribution is 2.24. The van der Waals surface area contributed by atoms with E-state index in [2.05, 4.69) is 10.0 Å². The topological polar surface area (TPSA) is 61.4 Å². The first-order valence-electron chi connectivity index (χ1n) is 6.27. The lowest BCUT2D eigenvalue weighted by atomic mass is 10.1. The minimum Gasteiger partial charge on any atom is -0.313 e. The van der Waals surface area contributed by atoms with Gasteiger partial charge in [0.25, 0.3) is 10.2 Å². The van der Waals surface area contributed by atoms with Gasteiger partial charge in [-0.3, -0.25) is 0 Å². The van der Waals surface area contributed by atoms with Crippen LogP contribution in [0.3, 0.4) is 0 Å². The average Bonchev–Trinajstić information content (AvgIpc) is 2.39. The number of rotatable bonds is 4. The molecule has 1 unspecified atom stereocenters. The minimum absolute atomic E-state index is 0.335. The lowest BCUT2D eigenvalue weighted by Crippen LogP contribution is -2.52. The van der Waals surface area contributed by atoms with Gasteiger partial charge in [-0.2, -0.15) is 12.7 Å². The maximum absolute atomic E-state index is 13.3. The molecule has 1 saturated heterocycles. The summed E-state index contributed by atoms with van der Waals surface area (Å²) in [4.78, 5) is 0. The van der Waals surface area contributed by atoms with E-state index in [1.807, 2.05) is 0 Å². The third-order valence-electron chi connectivity index (χ3n) is 3.06. The molecule has 0 saturated carbocycles. The van der Waals surface area contributed by atoms with Crippen molar-refractivity contribution in [2.75, 3.05) is 26.2 Å². The average molecular weight is 287 g/mol. The predicted molar refractivity (Wildman–Crippen MR) is 71.3 cm³/mol. The highest BCUT2D eigenvalue weighted by molar-refractivity contribution is 7.87. The van der Waals surface area contributed by atoms with Crippen molar-refractivity contribution < 1.29 is 12.8 Å². The number of piperazine rings is 1. The summed E-state index contributed by atoms with van der Waals surface area (Å²) in [6, 6.07) is 5.69. The maximum atomic E-state index is 13.3. The van der Waals surface area contributed by atoms with Crippen molar-refractivity contribution in [3.63, 3.8) is 0 Å². The molecule has 0 aliphatic carbocycles. The zero-order valence-corrected chi connectivity index (χ0v) is 11.6. The van der Waals surface area contributed by atoms with Crippen molar-refractivity contribution in [2.45, 2.75) is 13.0 Å². The number of benzene rings is 1. The van der Waals surface area contributed by atoms with E-state index in [0.29, 0.717) is 31.7 Å². The van der Waals surface area contributed by atoms with Crippen molar-refractivity contribution in [2.24, 2.45) is 0 Å². The van der Waals surface area contributed by atoms with Crippen LogP contribution in [0.5, 0.6) is 0 Å². The van der Waals surface area contributed by atoms with Crippen molar-refractivity contribution in [1.29, 1.82) is 0 Å². The Labute approximate surface area is 113 Å². The van der Waals surface area contributed by atoms with Crippen LogP contribution in [0.1, 0.15) is 18.5 Å². The molecule has 1 aromatic carbocycles. The van der Waals surface area contributed by atoms with Gasteiger partial charge in [-0.1, -0.05) is 19.1 Å². The Bertz CT molecular complexity index is 536. The summed E-state index contributed by atoms with van der Waals surface area (Å²) in [6.45, 7) is 3.51. The van der Waals surface area contributed by atoms with E-state index < -0.39 is 10.2 Å². The molecule has 5 nitrogen and oxygen atoms in total. The van der Waals surface area contributed by atoms with E-state index in [4.69, 9.17) is 0 Å². The Kier molecular flexibility index (Phi) is 4.51. The van der Waals surface area contributed by atoms with Crippen molar-refractivity contribution in [1.82, 2.24) is 14.3 Å². The Morgan fingerprint density at radius 3 is 3.00 bits per heavy atom. The number of nitrogens with zero attached hydrogens (tertiary/aromatic N) is 1. The van der Waals surface area contributed by atoms with Gasteiger partial charge in [0.05, 0.1) is 6.04 Å².